The summed E-state index contributed by atoms with van der Waals surface area (Å²) in [5, 5.41) is 17.1. The van der Waals surface area contributed by atoms with Gasteiger partial charge in [0.25, 0.3) is 0 Å². The second-order valence-electron chi connectivity index (χ2n) is 2.47. The van der Waals surface area contributed by atoms with E-state index in [4.69, 9.17) is 10.2 Å². The highest BCUT2D eigenvalue weighted by Crippen LogP contribution is 2.29. The third-order valence-electron chi connectivity index (χ3n) is 1.85. The average Bonchev–Trinajstić information content (AvgIpc) is 1.60. The van der Waals surface area contributed by atoms with Gasteiger partial charge in [-0.25, -0.2) is 4.79 Å². The van der Waals surface area contributed by atoms with Gasteiger partial charge in [-0.15, -0.1) is 0 Å². The maximum absolute atomic E-state index is 10.1. The van der Waals surface area contributed by atoms with Crippen LogP contribution in [0.3, 0.4) is 0 Å². The van der Waals surface area contributed by atoms with Crippen LogP contribution in [0.15, 0.2) is 0 Å². The molecule has 0 heterocycles. The van der Waals surface area contributed by atoms with E-state index in [9.17, 15) is 4.79 Å². The lowest BCUT2D eigenvalue weighted by Crippen LogP contribution is -2.33. The fourth-order valence-electron chi connectivity index (χ4n) is 0.957. The number of aliphatic hydroxyl groups is 1. The van der Waals surface area contributed by atoms with Crippen molar-refractivity contribution in [2.75, 3.05) is 0 Å². The molecule has 0 unspecified atom stereocenters. The molecule has 52 valence electrons. The summed E-state index contributed by atoms with van der Waals surface area (Å²) in [7, 11) is 0. The predicted molar refractivity (Wildman–Crippen MR) is 31.0 cm³/mol. The van der Waals surface area contributed by atoms with E-state index in [1.165, 1.54) is 0 Å². The molecule has 0 aromatic rings. The van der Waals surface area contributed by atoms with Gasteiger partial charge in [0.2, 0.25) is 0 Å². The van der Waals surface area contributed by atoms with Gasteiger partial charge in [0.15, 0.2) is 6.10 Å². The van der Waals surface area contributed by atoms with Gasteiger partial charge in [0.05, 0.1) is 0 Å². The lowest BCUT2D eigenvalue weighted by atomic mass is 9.81. The molecule has 0 aromatic carbocycles. The zero-order valence-electron chi connectivity index (χ0n) is 5.08. The van der Waals surface area contributed by atoms with Crippen LogP contribution in [-0.2, 0) is 4.79 Å². The lowest BCUT2D eigenvalue weighted by molar-refractivity contribution is -0.151. The van der Waals surface area contributed by atoms with Crippen LogP contribution in [0.5, 0.6) is 0 Å². The molecule has 1 rings (SSSR count). The summed E-state index contributed by atoms with van der Waals surface area (Å²) in [6, 6.07) is 0. The van der Waals surface area contributed by atoms with E-state index < -0.39 is 12.1 Å². The SMILES string of the molecule is O=C(O)[C@@H](O)C1CCC1. The van der Waals surface area contributed by atoms with E-state index in [1.54, 1.807) is 0 Å². The standard InChI is InChI=1S/C6H10O3/c7-5(6(8)9)4-2-1-3-4/h4-5,7H,1-3H2,(H,8,9)/t5-/m0/s1. The third kappa shape index (κ3) is 1.21. The van der Waals surface area contributed by atoms with Crippen molar-refractivity contribution in [3.8, 4) is 0 Å². The molecule has 3 nitrogen and oxygen atoms in total. The molecule has 1 aliphatic rings. The molecule has 1 atom stereocenters. The van der Waals surface area contributed by atoms with Gasteiger partial charge in [0, 0.05) is 0 Å². The smallest absolute Gasteiger partial charge is 0.332 e. The first kappa shape index (κ1) is 6.55. The van der Waals surface area contributed by atoms with Crippen LogP contribution in [0, 0.1) is 5.92 Å². The quantitative estimate of drug-likeness (QED) is 0.562. The van der Waals surface area contributed by atoms with E-state index in [0.29, 0.717) is 0 Å². The van der Waals surface area contributed by atoms with Crippen molar-refractivity contribution < 1.29 is 15.0 Å². The lowest BCUT2D eigenvalue weighted by Gasteiger charge is -2.27. The minimum atomic E-state index is -1.11. The van der Waals surface area contributed by atoms with Crippen LogP contribution < -0.4 is 0 Å². The molecule has 1 saturated carbocycles. The minimum Gasteiger partial charge on any atom is -0.479 e. The van der Waals surface area contributed by atoms with E-state index in [-0.39, 0.29) is 5.92 Å². The molecule has 9 heavy (non-hydrogen) atoms. The molecule has 1 aliphatic carbocycles. The van der Waals surface area contributed by atoms with Crippen molar-refractivity contribution in [2.24, 2.45) is 5.92 Å². The molecular weight excluding hydrogens is 120 g/mol. The Labute approximate surface area is 53.3 Å². The monoisotopic (exact) mass is 130 g/mol. The van der Waals surface area contributed by atoms with E-state index in [1.807, 2.05) is 0 Å². The van der Waals surface area contributed by atoms with Gasteiger partial charge in [0.1, 0.15) is 0 Å². The van der Waals surface area contributed by atoms with E-state index >= 15 is 0 Å². The van der Waals surface area contributed by atoms with Gasteiger partial charge in [-0.1, -0.05) is 6.42 Å². The topological polar surface area (TPSA) is 57.5 Å². The maximum Gasteiger partial charge on any atom is 0.332 e. The van der Waals surface area contributed by atoms with Crippen molar-refractivity contribution >= 4 is 5.97 Å². The second kappa shape index (κ2) is 2.35. The first-order valence-electron chi connectivity index (χ1n) is 3.12. The summed E-state index contributed by atoms with van der Waals surface area (Å²) in [5.41, 5.74) is 0. The van der Waals surface area contributed by atoms with Crippen molar-refractivity contribution in [3.05, 3.63) is 0 Å². The fourth-order valence-corrected chi connectivity index (χ4v) is 0.957. The summed E-state index contributed by atoms with van der Waals surface area (Å²) in [6.45, 7) is 0. The van der Waals surface area contributed by atoms with Gasteiger partial charge in [-0.2, -0.15) is 0 Å². The van der Waals surface area contributed by atoms with Crippen LogP contribution in [0.4, 0.5) is 0 Å². The molecular formula is C6H10O3. The molecule has 0 radical (unpaired) electrons. The Morgan fingerprint density at radius 3 is 2.22 bits per heavy atom. The molecule has 0 aromatic heterocycles. The number of aliphatic carboxylic acids is 1. The zero-order chi connectivity index (χ0) is 6.85. The number of hydrogen-bond acceptors (Lipinski definition) is 2. The summed E-state index contributed by atoms with van der Waals surface area (Å²) in [6.07, 6.45) is 1.69. The van der Waals surface area contributed by atoms with Crippen molar-refractivity contribution in [1.82, 2.24) is 0 Å². The van der Waals surface area contributed by atoms with Crippen molar-refractivity contribution in [2.45, 2.75) is 25.4 Å². The predicted octanol–water partition coefficient (Wildman–Crippen LogP) is 0.232. The molecule has 0 aliphatic heterocycles. The first-order chi connectivity index (χ1) is 4.22. The fraction of sp³-hybridized carbons (Fsp3) is 0.833. The Hall–Kier alpha value is -0.570. The maximum atomic E-state index is 10.1. The molecule has 0 saturated heterocycles. The Morgan fingerprint density at radius 1 is 1.56 bits per heavy atom. The average molecular weight is 130 g/mol. The molecule has 0 bridgehead atoms. The number of carboxylic acids is 1. The second-order valence-corrected chi connectivity index (χ2v) is 2.47. The molecule has 0 amide bonds. The molecule has 0 spiro atoms. The third-order valence-corrected chi connectivity index (χ3v) is 1.85. The Bertz CT molecular complexity index is 117. The van der Waals surface area contributed by atoms with Crippen molar-refractivity contribution in [3.63, 3.8) is 0 Å². The highest BCUT2D eigenvalue weighted by atomic mass is 16.4. The molecule has 1 fully saturated rings. The van der Waals surface area contributed by atoms with Gasteiger partial charge >= 0.3 is 5.97 Å². The van der Waals surface area contributed by atoms with Gasteiger partial charge in [-0.05, 0) is 18.8 Å². The van der Waals surface area contributed by atoms with Crippen molar-refractivity contribution in [1.29, 1.82) is 0 Å². The number of rotatable bonds is 2. The number of carboxylic acid groups (broad SMARTS) is 1. The van der Waals surface area contributed by atoms with Crippen LogP contribution in [0.25, 0.3) is 0 Å². The minimum absolute atomic E-state index is 0.0301. The Balaban J connectivity index is 2.32. The van der Waals surface area contributed by atoms with E-state index in [2.05, 4.69) is 0 Å². The van der Waals surface area contributed by atoms with Crippen LogP contribution in [-0.4, -0.2) is 22.3 Å². The Morgan fingerprint density at radius 2 is 2.11 bits per heavy atom. The van der Waals surface area contributed by atoms with Gasteiger partial charge < -0.3 is 10.2 Å². The number of carbonyl (C=O) groups is 1. The summed E-state index contributed by atoms with van der Waals surface area (Å²) < 4.78 is 0. The summed E-state index contributed by atoms with van der Waals surface area (Å²) >= 11 is 0. The summed E-state index contributed by atoms with van der Waals surface area (Å²) in [5.74, 6) is -1.05. The van der Waals surface area contributed by atoms with Crippen LogP contribution >= 0.6 is 0 Å². The summed E-state index contributed by atoms with van der Waals surface area (Å²) in [4.78, 5) is 10.1. The number of aliphatic hydroxyl groups excluding tert-OH is 1. The van der Waals surface area contributed by atoms with E-state index in [0.717, 1.165) is 19.3 Å². The Kier molecular flexibility index (Phi) is 1.71. The molecule has 2 N–H and O–H groups in total. The molecule has 3 heteroatoms. The van der Waals surface area contributed by atoms with Crippen LogP contribution in [0.2, 0.25) is 0 Å². The number of hydrogen-bond donors (Lipinski definition) is 2. The zero-order valence-corrected chi connectivity index (χ0v) is 5.08. The highest BCUT2D eigenvalue weighted by Gasteiger charge is 2.30. The van der Waals surface area contributed by atoms with Crippen LogP contribution in [0.1, 0.15) is 19.3 Å². The first-order valence-corrected chi connectivity index (χ1v) is 3.12. The highest BCUT2D eigenvalue weighted by molar-refractivity contribution is 5.72. The van der Waals surface area contributed by atoms with Gasteiger partial charge in [-0.3, -0.25) is 0 Å². The largest absolute Gasteiger partial charge is 0.479 e. The normalized spacial score (nSPS) is 22.8.